The van der Waals surface area contributed by atoms with E-state index in [4.69, 9.17) is 21.1 Å². The van der Waals surface area contributed by atoms with Gasteiger partial charge < -0.3 is 19.5 Å². The predicted molar refractivity (Wildman–Crippen MR) is 176 cm³/mol. The molecule has 6 rings (SSSR count). The molecule has 3 aromatic carbocycles. The zero-order valence-corrected chi connectivity index (χ0v) is 27.9. The lowest BCUT2D eigenvalue weighted by Crippen LogP contribution is -2.57. The van der Waals surface area contributed by atoms with Gasteiger partial charge in [-0.05, 0) is 111 Å². The Morgan fingerprint density at radius 1 is 0.979 bits per heavy atom. The summed E-state index contributed by atoms with van der Waals surface area (Å²) in [6.07, 6.45) is -0.837. The van der Waals surface area contributed by atoms with Gasteiger partial charge in [-0.1, -0.05) is 42.3 Å². The molecule has 0 spiro atoms. The van der Waals surface area contributed by atoms with E-state index >= 15 is 0 Å². The Balaban J connectivity index is 1.32. The molecule has 4 atom stereocenters. The molecule has 0 aliphatic carbocycles. The van der Waals surface area contributed by atoms with Crippen molar-refractivity contribution in [2.75, 3.05) is 18.6 Å². The summed E-state index contributed by atoms with van der Waals surface area (Å²) in [5.41, 5.74) is 2.73. The van der Waals surface area contributed by atoms with Crippen LogP contribution in [0.3, 0.4) is 0 Å². The molecule has 1 N–H and O–H groups in total. The maximum absolute atomic E-state index is 13.9. The molecule has 3 aromatic rings. The summed E-state index contributed by atoms with van der Waals surface area (Å²) in [7, 11) is 1.58. The average Bonchev–Trinajstić information content (AvgIpc) is 2.99. The molecular weight excluding hydrogens is 629 g/mol. The van der Waals surface area contributed by atoms with Crippen molar-refractivity contribution in [2.45, 2.75) is 95.3 Å². The summed E-state index contributed by atoms with van der Waals surface area (Å²) in [6.45, 7) is 4.76. The summed E-state index contributed by atoms with van der Waals surface area (Å²) in [5.74, 6) is 0.870. The van der Waals surface area contributed by atoms with E-state index in [2.05, 4.69) is 0 Å². The topological polar surface area (TPSA) is 62.2 Å². The Morgan fingerprint density at radius 3 is 2.19 bits per heavy atom. The number of amides is 1. The number of methoxy groups -OCH3 is 1. The van der Waals surface area contributed by atoms with Crippen molar-refractivity contribution in [2.24, 2.45) is 5.92 Å². The maximum Gasteiger partial charge on any atom is 0.401 e. The molecule has 2 saturated heterocycles. The normalized spacial score (nSPS) is 24.6. The Labute approximate surface area is 279 Å². The van der Waals surface area contributed by atoms with Gasteiger partial charge in [0.05, 0.1) is 37.8 Å². The van der Waals surface area contributed by atoms with Gasteiger partial charge in [0.15, 0.2) is 11.5 Å². The van der Waals surface area contributed by atoms with Gasteiger partial charge in [0.25, 0.3) is 0 Å². The van der Waals surface area contributed by atoms with E-state index in [-0.39, 0.29) is 36.4 Å². The molecule has 4 unspecified atom stereocenters. The highest BCUT2D eigenvalue weighted by atomic mass is 35.5. The summed E-state index contributed by atoms with van der Waals surface area (Å²) in [5, 5.41) is 12.5. The summed E-state index contributed by atoms with van der Waals surface area (Å²) >= 11 is 6.25. The zero-order valence-electron chi connectivity index (χ0n) is 27.2. The Morgan fingerprint density at radius 2 is 1.62 bits per heavy atom. The Hall–Kier alpha value is -3.27. The van der Waals surface area contributed by atoms with Crippen molar-refractivity contribution < 1.29 is 32.5 Å². The second-order valence-electron chi connectivity index (χ2n) is 13.7. The molecule has 2 bridgehead atoms. The standard InChI is InChI=1S/C37H42ClF3N2O4/c1-22(2)47-33-20-31-24(16-32(33)46-4)17-34(44)43(35(31)23-8-12-27(38)13-9-23)28-14-10-25(11-15-28)36(3,45)26-18-29-6-5-7-30(19-26)42(29)21-37(39,40)41/h8-16,20,22,26,29-30,35,45H,5-7,17-19,21H2,1-4H3. The van der Waals surface area contributed by atoms with E-state index in [0.717, 1.165) is 23.1 Å². The number of ether oxygens (including phenoxy) is 2. The number of rotatable bonds is 8. The number of alkyl halides is 3. The van der Waals surface area contributed by atoms with E-state index in [9.17, 15) is 23.1 Å². The quantitative estimate of drug-likeness (QED) is 0.262. The summed E-state index contributed by atoms with van der Waals surface area (Å²) in [6, 6.07) is 17.8. The van der Waals surface area contributed by atoms with Crippen molar-refractivity contribution in [3.63, 3.8) is 0 Å². The first-order valence-corrected chi connectivity index (χ1v) is 16.7. The van der Waals surface area contributed by atoms with Gasteiger partial charge in [0, 0.05) is 22.8 Å². The van der Waals surface area contributed by atoms with Crippen molar-refractivity contribution in [3.05, 3.63) is 87.9 Å². The van der Waals surface area contributed by atoms with Crippen LogP contribution in [0.25, 0.3) is 0 Å². The van der Waals surface area contributed by atoms with Gasteiger partial charge in [0.2, 0.25) is 5.91 Å². The van der Waals surface area contributed by atoms with Gasteiger partial charge in [-0.3, -0.25) is 9.69 Å². The van der Waals surface area contributed by atoms with Crippen LogP contribution >= 0.6 is 11.6 Å². The molecule has 10 heteroatoms. The fourth-order valence-electron chi connectivity index (χ4n) is 7.93. The fraction of sp³-hybridized carbons (Fsp3) is 0.486. The van der Waals surface area contributed by atoms with Crippen LogP contribution in [-0.4, -0.2) is 53.9 Å². The summed E-state index contributed by atoms with van der Waals surface area (Å²) in [4.78, 5) is 17.3. The van der Waals surface area contributed by atoms with Gasteiger partial charge in [0.1, 0.15) is 0 Å². The molecule has 0 saturated carbocycles. The Bertz CT molecular complexity index is 1580. The summed E-state index contributed by atoms with van der Waals surface area (Å²) < 4.78 is 51.8. The third-order valence-electron chi connectivity index (χ3n) is 10.1. The highest BCUT2D eigenvalue weighted by Gasteiger charge is 2.48. The number of hydrogen-bond acceptors (Lipinski definition) is 5. The number of anilines is 1. The molecule has 0 radical (unpaired) electrons. The number of halogens is 4. The van der Waals surface area contributed by atoms with Crippen LogP contribution in [0, 0.1) is 5.92 Å². The van der Waals surface area contributed by atoms with Crippen LogP contribution in [0.5, 0.6) is 11.5 Å². The maximum atomic E-state index is 13.9. The minimum Gasteiger partial charge on any atom is -0.493 e. The van der Waals surface area contributed by atoms with Crippen LogP contribution in [0.4, 0.5) is 18.9 Å². The molecule has 47 heavy (non-hydrogen) atoms. The first kappa shape index (κ1) is 33.6. The van der Waals surface area contributed by atoms with E-state index in [1.54, 1.807) is 36.0 Å². The van der Waals surface area contributed by atoms with Gasteiger partial charge >= 0.3 is 6.18 Å². The largest absolute Gasteiger partial charge is 0.493 e. The monoisotopic (exact) mass is 670 g/mol. The molecule has 1 amide bonds. The second-order valence-corrected chi connectivity index (χ2v) is 14.1. The Kier molecular flexibility index (Phi) is 9.28. The lowest BCUT2D eigenvalue weighted by Gasteiger charge is -2.52. The molecule has 6 nitrogen and oxygen atoms in total. The van der Waals surface area contributed by atoms with Gasteiger partial charge in [-0.25, -0.2) is 0 Å². The van der Waals surface area contributed by atoms with Crippen LogP contribution in [0.1, 0.15) is 81.2 Å². The van der Waals surface area contributed by atoms with Crippen LogP contribution in [-0.2, 0) is 16.8 Å². The fourth-order valence-corrected chi connectivity index (χ4v) is 8.05. The smallest absolute Gasteiger partial charge is 0.401 e. The molecule has 3 aliphatic heterocycles. The molecule has 3 heterocycles. The van der Waals surface area contributed by atoms with Crippen LogP contribution < -0.4 is 14.4 Å². The molecule has 3 aliphatic rings. The number of carbonyl (C=O) groups excluding carboxylic acids is 1. The van der Waals surface area contributed by atoms with E-state index in [1.807, 2.05) is 62.4 Å². The molecule has 0 aromatic heterocycles. The SMILES string of the molecule is COc1cc2c(cc1OC(C)C)C(c1ccc(Cl)cc1)N(c1ccc(C(C)(O)C3CC4CCCC(C3)N4CC(F)(F)F)cc1)C(=O)C2. The van der Waals surface area contributed by atoms with E-state index in [0.29, 0.717) is 53.5 Å². The highest BCUT2D eigenvalue weighted by Crippen LogP contribution is 2.47. The number of nitrogens with zero attached hydrogens (tertiary/aromatic N) is 2. The minimum absolute atomic E-state index is 0.0889. The third-order valence-corrected chi connectivity index (χ3v) is 10.4. The lowest BCUT2D eigenvalue weighted by molar-refractivity contribution is -0.174. The lowest BCUT2D eigenvalue weighted by atomic mass is 9.69. The number of piperidine rings is 2. The zero-order chi connectivity index (χ0) is 33.7. The van der Waals surface area contributed by atoms with Crippen LogP contribution in [0.2, 0.25) is 5.02 Å². The van der Waals surface area contributed by atoms with Gasteiger partial charge in [-0.15, -0.1) is 0 Å². The minimum atomic E-state index is -4.25. The number of carbonyl (C=O) groups is 1. The third kappa shape index (κ3) is 6.85. The first-order chi connectivity index (χ1) is 22.2. The molecule has 252 valence electrons. The second kappa shape index (κ2) is 13.0. The number of benzene rings is 3. The number of aliphatic hydroxyl groups is 1. The average molecular weight is 671 g/mol. The van der Waals surface area contributed by atoms with Gasteiger partial charge in [-0.2, -0.15) is 13.2 Å². The first-order valence-electron chi connectivity index (χ1n) is 16.4. The van der Waals surface area contributed by atoms with Crippen molar-refractivity contribution in [1.29, 1.82) is 0 Å². The number of fused-ring (bicyclic) bond motifs is 3. The predicted octanol–water partition coefficient (Wildman–Crippen LogP) is 8.22. The van der Waals surface area contributed by atoms with E-state index < -0.39 is 24.4 Å². The highest BCUT2D eigenvalue weighted by molar-refractivity contribution is 6.30. The van der Waals surface area contributed by atoms with E-state index in [1.165, 1.54) is 0 Å². The van der Waals surface area contributed by atoms with Crippen molar-refractivity contribution in [3.8, 4) is 11.5 Å². The molecule has 2 fully saturated rings. The van der Waals surface area contributed by atoms with Crippen molar-refractivity contribution >= 4 is 23.2 Å². The molecular formula is C37H42ClF3N2O4. The van der Waals surface area contributed by atoms with Crippen molar-refractivity contribution in [1.82, 2.24) is 4.90 Å². The van der Waals surface area contributed by atoms with Crippen LogP contribution in [0.15, 0.2) is 60.7 Å². The number of hydrogen-bond donors (Lipinski definition) is 1.